The lowest BCUT2D eigenvalue weighted by molar-refractivity contribution is -0.129. The predicted molar refractivity (Wildman–Crippen MR) is 80.6 cm³/mol. The fourth-order valence-electron chi connectivity index (χ4n) is 2.25. The molecule has 0 aliphatic carbocycles. The second kappa shape index (κ2) is 5.98. The highest BCUT2D eigenvalue weighted by Gasteiger charge is 2.29. The zero-order valence-corrected chi connectivity index (χ0v) is 14.0. The van der Waals surface area contributed by atoms with Crippen LogP contribution in [0.4, 0.5) is 0 Å². The van der Waals surface area contributed by atoms with Crippen LogP contribution in [0.3, 0.4) is 0 Å². The van der Waals surface area contributed by atoms with E-state index < -0.39 is 19.9 Å². The maximum absolute atomic E-state index is 12.5. The van der Waals surface area contributed by atoms with Crippen molar-refractivity contribution in [2.75, 3.05) is 32.4 Å². The Hall–Kier alpha value is -1.45. The van der Waals surface area contributed by atoms with Crippen LogP contribution in [0, 0.1) is 0 Å². The number of piperazine rings is 1. The molecule has 1 aliphatic heterocycles. The van der Waals surface area contributed by atoms with Gasteiger partial charge in [0.25, 0.3) is 0 Å². The molecule has 1 fully saturated rings. The monoisotopic (exact) mass is 346 g/mol. The Bertz CT molecular complexity index is 761. The van der Waals surface area contributed by atoms with Gasteiger partial charge in [0.05, 0.1) is 9.79 Å². The molecule has 7 nitrogen and oxygen atoms in total. The largest absolute Gasteiger partial charge is 0.340 e. The van der Waals surface area contributed by atoms with E-state index in [1.54, 1.807) is 4.90 Å². The highest BCUT2D eigenvalue weighted by molar-refractivity contribution is 7.90. The number of benzene rings is 1. The van der Waals surface area contributed by atoms with E-state index in [0.29, 0.717) is 13.1 Å². The molecule has 1 aliphatic rings. The number of hydrogen-bond donors (Lipinski definition) is 0. The first kappa shape index (κ1) is 16.9. The van der Waals surface area contributed by atoms with Gasteiger partial charge in [-0.2, -0.15) is 4.31 Å². The number of nitrogens with zero attached hydrogens (tertiary/aromatic N) is 2. The van der Waals surface area contributed by atoms with E-state index in [9.17, 15) is 21.6 Å². The third-order valence-electron chi connectivity index (χ3n) is 3.57. The summed E-state index contributed by atoms with van der Waals surface area (Å²) in [7, 11) is -7.03. The summed E-state index contributed by atoms with van der Waals surface area (Å²) in [5.74, 6) is -0.0745. The van der Waals surface area contributed by atoms with Gasteiger partial charge in [-0.15, -0.1) is 0 Å². The summed E-state index contributed by atoms with van der Waals surface area (Å²) in [5, 5.41) is 0. The molecule has 2 rings (SSSR count). The van der Waals surface area contributed by atoms with Gasteiger partial charge in [0.2, 0.25) is 15.9 Å². The zero-order chi connectivity index (χ0) is 16.5. The Morgan fingerprint density at radius 3 is 1.77 bits per heavy atom. The average molecular weight is 346 g/mol. The number of amides is 1. The molecular weight excluding hydrogens is 328 g/mol. The topological polar surface area (TPSA) is 91.8 Å². The molecule has 0 atom stereocenters. The van der Waals surface area contributed by atoms with E-state index in [0.717, 1.165) is 6.26 Å². The van der Waals surface area contributed by atoms with Crippen molar-refractivity contribution in [1.82, 2.24) is 9.21 Å². The van der Waals surface area contributed by atoms with Crippen molar-refractivity contribution in [3.8, 4) is 0 Å². The minimum Gasteiger partial charge on any atom is -0.340 e. The smallest absolute Gasteiger partial charge is 0.243 e. The first-order valence-electron chi connectivity index (χ1n) is 6.68. The van der Waals surface area contributed by atoms with Gasteiger partial charge in [-0.25, -0.2) is 16.8 Å². The number of sulfone groups is 1. The van der Waals surface area contributed by atoms with Crippen LogP contribution >= 0.6 is 0 Å². The molecular formula is C13H18N2O5S2. The average Bonchev–Trinajstić information content (AvgIpc) is 2.46. The van der Waals surface area contributed by atoms with Gasteiger partial charge in [0, 0.05) is 39.4 Å². The number of sulfonamides is 1. The standard InChI is InChI=1S/C13H18N2O5S2/c1-11(16)14-7-9-15(10-8-14)22(19,20)13-5-3-12(4-6-13)21(2,17)18/h3-6H,7-10H2,1-2H3. The molecule has 1 aromatic rings. The van der Waals surface area contributed by atoms with Crippen LogP contribution < -0.4 is 0 Å². The van der Waals surface area contributed by atoms with Crippen LogP contribution in [0.15, 0.2) is 34.1 Å². The molecule has 0 N–H and O–H groups in total. The van der Waals surface area contributed by atoms with Gasteiger partial charge in [-0.3, -0.25) is 4.79 Å². The third-order valence-corrected chi connectivity index (χ3v) is 6.61. The van der Waals surface area contributed by atoms with Gasteiger partial charge >= 0.3 is 0 Å². The Morgan fingerprint density at radius 2 is 1.36 bits per heavy atom. The lowest BCUT2D eigenvalue weighted by Crippen LogP contribution is -2.49. The molecule has 0 saturated carbocycles. The molecule has 1 amide bonds. The number of carbonyl (C=O) groups is 1. The van der Waals surface area contributed by atoms with Crippen molar-refractivity contribution in [3.63, 3.8) is 0 Å². The molecule has 122 valence electrons. The molecule has 0 radical (unpaired) electrons. The first-order chi connectivity index (χ1) is 10.1. The molecule has 0 spiro atoms. The minimum absolute atomic E-state index is 0.0520. The van der Waals surface area contributed by atoms with E-state index in [1.807, 2.05) is 0 Å². The highest BCUT2D eigenvalue weighted by atomic mass is 32.2. The number of hydrogen-bond acceptors (Lipinski definition) is 5. The fraction of sp³-hybridized carbons (Fsp3) is 0.462. The summed E-state index contributed by atoms with van der Waals surface area (Å²) < 4.78 is 49.1. The van der Waals surface area contributed by atoms with Crippen LogP contribution in [0.1, 0.15) is 6.92 Å². The molecule has 0 bridgehead atoms. The van der Waals surface area contributed by atoms with Crippen molar-refractivity contribution < 1.29 is 21.6 Å². The second-order valence-electron chi connectivity index (χ2n) is 5.15. The van der Waals surface area contributed by atoms with Crippen molar-refractivity contribution in [2.24, 2.45) is 0 Å². The van der Waals surface area contributed by atoms with Crippen LogP contribution in [-0.2, 0) is 24.7 Å². The van der Waals surface area contributed by atoms with E-state index >= 15 is 0 Å². The normalized spacial score (nSPS) is 17.5. The van der Waals surface area contributed by atoms with E-state index in [2.05, 4.69) is 0 Å². The fourth-order valence-corrected chi connectivity index (χ4v) is 4.30. The Kier molecular flexibility index (Phi) is 4.59. The van der Waals surface area contributed by atoms with Crippen LogP contribution in [0.2, 0.25) is 0 Å². The third kappa shape index (κ3) is 3.47. The minimum atomic E-state index is -3.67. The van der Waals surface area contributed by atoms with E-state index in [1.165, 1.54) is 35.5 Å². The lowest BCUT2D eigenvalue weighted by Gasteiger charge is -2.33. The quantitative estimate of drug-likeness (QED) is 0.765. The SMILES string of the molecule is CC(=O)N1CCN(S(=O)(=O)c2ccc(S(C)(=O)=O)cc2)CC1. The molecule has 22 heavy (non-hydrogen) atoms. The lowest BCUT2D eigenvalue weighted by atomic mass is 10.3. The van der Waals surface area contributed by atoms with Crippen molar-refractivity contribution >= 4 is 25.8 Å². The summed E-state index contributed by atoms with van der Waals surface area (Å²) in [4.78, 5) is 13.0. The molecule has 1 heterocycles. The summed E-state index contributed by atoms with van der Waals surface area (Å²) in [5.41, 5.74) is 0. The van der Waals surface area contributed by atoms with Gasteiger partial charge in [0.15, 0.2) is 9.84 Å². The van der Waals surface area contributed by atoms with Crippen molar-refractivity contribution in [1.29, 1.82) is 0 Å². The molecule has 0 unspecified atom stereocenters. The van der Waals surface area contributed by atoms with Crippen molar-refractivity contribution in [2.45, 2.75) is 16.7 Å². The maximum atomic E-state index is 12.5. The molecule has 9 heteroatoms. The highest BCUT2D eigenvalue weighted by Crippen LogP contribution is 2.19. The van der Waals surface area contributed by atoms with Gasteiger partial charge in [-0.1, -0.05) is 0 Å². The van der Waals surface area contributed by atoms with Gasteiger partial charge in [-0.05, 0) is 24.3 Å². The molecule has 0 aromatic heterocycles. The maximum Gasteiger partial charge on any atom is 0.243 e. The molecule has 1 saturated heterocycles. The van der Waals surface area contributed by atoms with E-state index in [4.69, 9.17) is 0 Å². The Morgan fingerprint density at radius 1 is 0.909 bits per heavy atom. The van der Waals surface area contributed by atoms with Crippen molar-refractivity contribution in [3.05, 3.63) is 24.3 Å². The summed E-state index contributed by atoms with van der Waals surface area (Å²) in [6.45, 7) is 2.63. The first-order valence-corrected chi connectivity index (χ1v) is 10.0. The zero-order valence-electron chi connectivity index (χ0n) is 12.4. The number of rotatable bonds is 3. The Labute approximate surface area is 130 Å². The predicted octanol–water partition coefficient (Wildman–Crippen LogP) is -0.0571. The van der Waals surface area contributed by atoms with Gasteiger partial charge < -0.3 is 4.90 Å². The van der Waals surface area contributed by atoms with Crippen LogP contribution in [0.25, 0.3) is 0 Å². The number of carbonyl (C=O) groups excluding carboxylic acids is 1. The summed E-state index contributed by atoms with van der Waals surface area (Å²) >= 11 is 0. The summed E-state index contributed by atoms with van der Waals surface area (Å²) in [6.07, 6.45) is 1.07. The van der Waals surface area contributed by atoms with E-state index in [-0.39, 0.29) is 28.8 Å². The second-order valence-corrected chi connectivity index (χ2v) is 9.11. The van der Waals surface area contributed by atoms with Crippen LogP contribution in [-0.4, -0.2) is 64.4 Å². The summed E-state index contributed by atoms with van der Waals surface area (Å²) in [6, 6.07) is 5.16. The Balaban J connectivity index is 2.19. The van der Waals surface area contributed by atoms with Gasteiger partial charge in [0.1, 0.15) is 0 Å². The molecule has 1 aromatic carbocycles. The van der Waals surface area contributed by atoms with Crippen LogP contribution in [0.5, 0.6) is 0 Å².